The minimum Gasteiger partial charge on any atom is -0.547 e. The van der Waals surface area contributed by atoms with E-state index in [9.17, 15) is 9.90 Å². The summed E-state index contributed by atoms with van der Waals surface area (Å²) in [5, 5.41) is 17.3. The Balaban J connectivity index is -0.0000000208. The molecule has 0 aromatic carbocycles. The average molecular weight is 209 g/mol. The molecule has 0 radical (unpaired) electrons. The summed E-state index contributed by atoms with van der Waals surface area (Å²) in [4.78, 5) is 9.34. The quantitative estimate of drug-likeness (QED) is 0.433. The normalized spacial score (nSPS) is 8.20. The molecule has 0 spiro atoms. The van der Waals surface area contributed by atoms with Crippen LogP contribution < -0.4 is 5.11 Å². The van der Waals surface area contributed by atoms with Crippen LogP contribution in [0.5, 0.6) is 0 Å². The Labute approximate surface area is 70.5 Å². The average Bonchev–Trinajstić information content (AvgIpc) is 1.36. The second-order valence-electron chi connectivity index (χ2n) is 0.995. The molecular formula is C3H11O6Zn+. The van der Waals surface area contributed by atoms with Crippen molar-refractivity contribution in [3.05, 3.63) is 0 Å². The van der Waals surface area contributed by atoms with E-state index in [2.05, 4.69) is 0 Å². The van der Waals surface area contributed by atoms with Gasteiger partial charge in [-0.15, -0.1) is 0 Å². The summed E-state index contributed by atoms with van der Waals surface area (Å²) < 4.78 is 0. The van der Waals surface area contributed by atoms with E-state index in [-0.39, 0.29) is 35.9 Å². The van der Waals surface area contributed by atoms with Crippen molar-refractivity contribution in [2.75, 3.05) is 0 Å². The number of aliphatic carboxylic acids is 1. The van der Waals surface area contributed by atoms with Crippen LogP contribution in [0.2, 0.25) is 0 Å². The van der Waals surface area contributed by atoms with Crippen molar-refractivity contribution in [1.82, 2.24) is 0 Å². The molecule has 7 N–H and O–H groups in total. The number of rotatable bonds is 1. The van der Waals surface area contributed by atoms with Crippen LogP contribution >= 0.6 is 0 Å². The molecule has 0 fully saturated rings. The molecule has 60 valence electrons. The summed E-state index contributed by atoms with van der Waals surface area (Å²) in [6.07, 6.45) is -1.34. The van der Waals surface area contributed by atoms with Gasteiger partial charge >= 0.3 is 19.5 Å². The van der Waals surface area contributed by atoms with Gasteiger partial charge in [0, 0.05) is 0 Å². The molecule has 0 saturated heterocycles. The molecule has 0 aliphatic heterocycles. The van der Waals surface area contributed by atoms with Gasteiger partial charge in [-0.05, 0) is 6.92 Å². The van der Waals surface area contributed by atoms with Crippen molar-refractivity contribution in [2.45, 2.75) is 13.0 Å². The molecular weight excluding hydrogens is 197 g/mol. The van der Waals surface area contributed by atoms with E-state index in [0.29, 0.717) is 0 Å². The number of aliphatic hydroxyl groups is 1. The van der Waals surface area contributed by atoms with Crippen LogP contribution in [0.15, 0.2) is 0 Å². The van der Waals surface area contributed by atoms with Crippen LogP contribution in [0.25, 0.3) is 0 Å². The summed E-state index contributed by atoms with van der Waals surface area (Å²) in [5.74, 6) is -1.44. The van der Waals surface area contributed by atoms with Gasteiger partial charge in [-0.2, -0.15) is 0 Å². The molecule has 1 unspecified atom stereocenters. The monoisotopic (exact) mass is 207 g/mol. The molecule has 7 heteroatoms. The van der Waals surface area contributed by atoms with E-state index in [0.717, 1.165) is 6.92 Å². The summed E-state index contributed by atoms with van der Waals surface area (Å²) in [7, 11) is 0. The molecule has 10 heavy (non-hydrogen) atoms. The summed E-state index contributed by atoms with van der Waals surface area (Å²) in [6, 6.07) is 0. The van der Waals surface area contributed by atoms with Crippen molar-refractivity contribution in [2.24, 2.45) is 0 Å². The maximum absolute atomic E-state index is 9.34. The van der Waals surface area contributed by atoms with Crippen LogP contribution in [-0.2, 0) is 24.3 Å². The first-order valence-corrected chi connectivity index (χ1v) is 1.53. The van der Waals surface area contributed by atoms with Crippen LogP contribution in [0, 0.1) is 0 Å². The van der Waals surface area contributed by atoms with Gasteiger partial charge in [-0.3, -0.25) is 0 Å². The van der Waals surface area contributed by atoms with E-state index in [1.807, 2.05) is 0 Å². The van der Waals surface area contributed by atoms with Gasteiger partial charge < -0.3 is 31.4 Å². The molecule has 0 aliphatic carbocycles. The number of carbonyl (C=O) groups is 1. The fraction of sp³-hybridized carbons (Fsp3) is 0.667. The standard InChI is InChI=1S/C3H6O3.3H2O.Zn/c1-2(4)3(5)6;;;;/h2,4H,1H3,(H,5,6);3*1H2;/q;;;;+2/p-1. The molecule has 0 rings (SSSR count). The number of hydrogen-bond acceptors (Lipinski definition) is 3. The SMILES string of the molecule is CC(O)C(=O)[O-].O.O.O.[Zn+2]. The van der Waals surface area contributed by atoms with Gasteiger partial charge in [0.15, 0.2) is 0 Å². The van der Waals surface area contributed by atoms with Gasteiger partial charge in [0.2, 0.25) is 0 Å². The molecule has 1 atom stereocenters. The number of carboxylic acids is 1. The molecule has 0 aromatic rings. The minimum absolute atomic E-state index is 0. The van der Waals surface area contributed by atoms with Crippen LogP contribution in [-0.4, -0.2) is 33.6 Å². The fourth-order valence-electron chi connectivity index (χ4n) is 0. The summed E-state index contributed by atoms with van der Waals surface area (Å²) in [5.41, 5.74) is 0. The van der Waals surface area contributed by atoms with E-state index < -0.39 is 12.1 Å². The van der Waals surface area contributed by atoms with Gasteiger partial charge in [-0.1, -0.05) is 0 Å². The van der Waals surface area contributed by atoms with Gasteiger partial charge in [-0.25, -0.2) is 0 Å². The smallest absolute Gasteiger partial charge is 0.547 e. The second-order valence-corrected chi connectivity index (χ2v) is 0.995. The molecule has 0 heterocycles. The van der Waals surface area contributed by atoms with Crippen molar-refractivity contribution < 1.29 is 50.9 Å². The van der Waals surface area contributed by atoms with Gasteiger partial charge in [0.05, 0.1) is 12.1 Å². The molecule has 0 bridgehead atoms. The third-order valence-electron chi connectivity index (χ3n) is 0.341. The largest absolute Gasteiger partial charge is 2.00 e. The Kier molecular flexibility index (Phi) is 52.0. The molecule has 0 amide bonds. The van der Waals surface area contributed by atoms with Crippen LogP contribution in [0.3, 0.4) is 0 Å². The van der Waals surface area contributed by atoms with Crippen LogP contribution in [0.1, 0.15) is 6.92 Å². The third kappa shape index (κ3) is 24.6. The zero-order chi connectivity index (χ0) is 5.15. The predicted octanol–water partition coefficient (Wildman–Crippen LogP) is -4.36. The predicted molar refractivity (Wildman–Crippen MR) is 27.5 cm³/mol. The zero-order valence-electron chi connectivity index (χ0n) is 5.55. The van der Waals surface area contributed by atoms with Crippen molar-refractivity contribution >= 4 is 5.97 Å². The van der Waals surface area contributed by atoms with E-state index in [4.69, 9.17) is 5.11 Å². The maximum atomic E-state index is 9.34. The Morgan fingerprint density at radius 3 is 1.50 bits per heavy atom. The molecule has 0 aliphatic rings. The van der Waals surface area contributed by atoms with E-state index in [1.54, 1.807) is 0 Å². The van der Waals surface area contributed by atoms with Crippen molar-refractivity contribution in [1.29, 1.82) is 0 Å². The Hall–Kier alpha value is -0.0666. The topological polar surface area (TPSA) is 155 Å². The van der Waals surface area contributed by atoms with E-state index >= 15 is 0 Å². The Morgan fingerprint density at radius 1 is 1.40 bits per heavy atom. The maximum Gasteiger partial charge on any atom is 2.00 e. The number of carbonyl (C=O) groups excluding carboxylic acids is 1. The van der Waals surface area contributed by atoms with Gasteiger partial charge in [0.25, 0.3) is 0 Å². The number of hydrogen-bond donors (Lipinski definition) is 1. The third-order valence-corrected chi connectivity index (χ3v) is 0.341. The first-order chi connectivity index (χ1) is 2.64. The van der Waals surface area contributed by atoms with Crippen molar-refractivity contribution in [3.63, 3.8) is 0 Å². The fourth-order valence-corrected chi connectivity index (χ4v) is 0. The first kappa shape index (κ1) is 32.6. The van der Waals surface area contributed by atoms with Crippen molar-refractivity contribution in [3.8, 4) is 0 Å². The number of aliphatic hydroxyl groups excluding tert-OH is 1. The number of carboxylic acid groups (broad SMARTS) is 1. The first-order valence-electron chi connectivity index (χ1n) is 1.53. The minimum atomic E-state index is -1.44. The molecule has 0 saturated carbocycles. The molecule has 6 nitrogen and oxygen atoms in total. The zero-order valence-corrected chi connectivity index (χ0v) is 8.52. The summed E-state index contributed by atoms with van der Waals surface area (Å²) in [6.45, 7) is 1.13. The Morgan fingerprint density at radius 2 is 1.50 bits per heavy atom. The molecule has 0 aromatic heterocycles. The van der Waals surface area contributed by atoms with Crippen LogP contribution in [0.4, 0.5) is 0 Å². The van der Waals surface area contributed by atoms with E-state index in [1.165, 1.54) is 0 Å². The summed E-state index contributed by atoms with van der Waals surface area (Å²) >= 11 is 0. The van der Waals surface area contributed by atoms with Gasteiger partial charge in [0.1, 0.15) is 0 Å². The Bertz CT molecular complexity index is 64.0. The second kappa shape index (κ2) is 16.0.